The largest absolute Gasteiger partial charge is 0.388 e. The van der Waals surface area contributed by atoms with E-state index in [1.807, 2.05) is 0 Å². The van der Waals surface area contributed by atoms with E-state index in [0.29, 0.717) is 12.5 Å². The van der Waals surface area contributed by atoms with Gasteiger partial charge in [0.05, 0.1) is 6.10 Å². The molecule has 0 saturated heterocycles. The maximum Gasteiger partial charge on any atom is 0.0793 e. The van der Waals surface area contributed by atoms with Crippen LogP contribution in [0, 0.1) is 19.8 Å². The van der Waals surface area contributed by atoms with E-state index in [9.17, 15) is 5.11 Å². The molecule has 0 amide bonds. The highest BCUT2D eigenvalue weighted by atomic mass is 16.5. The predicted octanol–water partition coefficient (Wildman–Crippen LogP) is 3.01. The first-order valence-corrected chi connectivity index (χ1v) is 5.78. The fourth-order valence-electron chi connectivity index (χ4n) is 2.07. The van der Waals surface area contributed by atoms with Crippen LogP contribution in [0.25, 0.3) is 0 Å². The van der Waals surface area contributed by atoms with Crippen molar-refractivity contribution in [2.24, 2.45) is 5.92 Å². The van der Waals surface area contributed by atoms with Crippen molar-refractivity contribution in [1.29, 1.82) is 0 Å². The van der Waals surface area contributed by atoms with Crippen molar-refractivity contribution in [2.75, 3.05) is 13.7 Å². The molecule has 2 atom stereocenters. The number of aliphatic hydroxyl groups is 1. The summed E-state index contributed by atoms with van der Waals surface area (Å²) in [5.74, 6) is 0.376. The molecule has 0 bridgehead atoms. The Labute approximate surface area is 98.3 Å². The Bertz CT molecular complexity index is 313. The van der Waals surface area contributed by atoms with Gasteiger partial charge in [0.25, 0.3) is 0 Å². The molecule has 2 unspecified atom stereocenters. The highest BCUT2D eigenvalue weighted by molar-refractivity contribution is 5.29. The van der Waals surface area contributed by atoms with E-state index in [0.717, 1.165) is 12.0 Å². The van der Waals surface area contributed by atoms with Crippen molar-refractivity contribution >= 4 is 0 Å². The van der Waals surface area contributed by atoms with Gasteiger partial charge in [-0.3, -0.25) is 0 Å². The van der Waals surface area contributed by atoms with Crippen LogP contribution >= 0.6 is 0 Å². The Morgan fingerprint density at radius 3 is 2.25 bits per heavy atom. The number of methoxy groups -OCH3 is 1. The van der Waals surface area contributed by atoms with Gasteiger partial charge < -0.3 is 9.84 Å². The van der Waals surface area contributed by atoms with E-state index in [1.165, 1.54) is 11.1 Å². The second kappa shape index (κ2) is 6.02. The van der Waals surface area contributed by atoms with Crippen molar-refractivity contribution in [3.05, 3.63) is 34.9 Å². The minimum Gasteiger partial charge on any atom is -0.388 e. The van der Waals surface area contributed by atoms with E-state index in [-0.39, 0.29) is 6.10 Å². The summed E-state index contributed by atoms with van der Waals surface area (Å²) in [6, 6.07) is 6.23. The van der Waals surface area contributed by atoms with Gasteiger partial charge in [-0.2, -0.15) is 0 Å². The normalized spacial score (nSPS) is 14.8. The van der Waals surface area contributed by atoms with Crippen molar-refractivity contribution in [3.63, 3.8) is 0 Å². The molecule has 0 aromatic heterocycles. The Morgan fingerprint density at radius 1 is 1.19 bits per heavy atom. The second-order valence-electron chi connectivity index (χ2n) is 4.73. The third-order valence-electron chi connectivity index (χ3n) is 2.71. The topological polar surface area (TPSA) is 29.5 Å². The van der Waals surface area contributed by atoms with Gasteiger partial charge in [0.2, 0.25) is 0 Å². The van der Waals surface area contributed by atoms with Crippen LogP contribution < -0.4 is 0 Å². The molecule has 2 nitrogen and oxygen atoms in total. The summed E-state index contributed by atoms with van der Waals surface area (Å²) in [6.07, 6.45) is 0.361. The van der Waals surface area contributed by atoms with Gasteiger partial charge in [-0.05, 0) is 31.7 Å². The molecule has 0 spiro atoms. The predicted molar refractivity (Wildman–Crippen MR) is 66.5 cm³/mol. The Kier molecular flexibility index (Phi) is 4.97. The summed E-state index contributed by atoms with van der Waals surface area (Å²) in [5.41, 5.74) is 3.42. The third kappa shape index (κ3) is 3.95. The standard InChI is InChI=1S/C14H22O2/c1-10-5-11(2)7-13(6-10)14(15)8-12(3)9-16-4/h5-7,12,14-15H,8-9H2,1-4H3. The lowest BCUT2D eigenvalue weighted by atomic mass is 9.96. The Hall–Kier alpha value is -0.860. The van der Waals surface area contributed by atoms with Gasteiger partial charge in [0, 0.05) is 13.7 Å². The first-order valence-electron chi connectivity index (χ1n) is 5.78. The van der Waals surface area contributed by atoms with Crippen LogP contribution in [0.2, 0.25) is 0 Å². The maximum absolute atomic E-state index is 10.1. The van der Waals surface area contributed by atoms with Gasteiger partial charge in [-0.25, -0.2) is 0 Å². The molecule has 1 aromatic rings. The van der Waals surface area contributed by atoms with E-state index >= 15 is 0 Å². The molecule has 2 heteroatoms. The van der Waals surface area contributed by atoms with Crippen LogP contribution in [-0.4, -0.2) is 18.8 Å². The molecular formula is C14H22O2. The summed E-state index contributed by atoms with van der Waals surface area (Å²) in [5, 5.41) is 10.1. The lowest BCUT2D eigenvalue weighted by molar-refractivity contribution is 0.102. The zero-order valence-electron chi connectivity index (χ0n) is 10.7. The molecule has 0 heterocycles. The summed E-state index contributed by atoms with van der Waals surface area (Å²) in [6.45, 7) is 6.90. The van der Waals surface area contributed by atoms with Crippen LogP contribution in [0.1, 0.15) is 36.1 Å². The lowest BCUT2D eigenvalue weighted by Crippen LogP contribution is -2.09. The third-order valence-corrected chi connectivity index (χ3v) is 2.71. The number of hydrogen-bond acceptors (Lipinski definition) is 2. The number of ether oxygens (including phenoxy) is 1. The number of aryl methyl sites for hydroxylation is 2. The van der Waals surface area contributed by atoms with Crippen LogP contribution in [0.15, 0.2) is 18.2 Å². The average Bonchev–Trinajstić information content (AvgIpc) is 2.16. The van der Waals surface area contributed by atoms with E-state index in [1.54, 1.807) is 7.11 Å². The average molecular weight is 222 g/mol. The van der Waals surface area contributed by atoms with Crippen molar-refractivity contribution in [1.82, 2.24) is 0 Å². The highest BCUT2D eigenvalue weighted by Crippen LogP contribution is 2.23. The molecule has 1 rings (SSSR count). The molecular weight excluding hydrogens is 200 g/mol. The van der Waals surface area contributed by atoms with E-state index in [4.69, 9.17) is 4.74 Å². The number of benzene rings is 1. The Balaban J connectivity index is 2.68. The van der Waals surface area contributed by atoms with Gasteiger partial charge >= 0.3 is 0 Å². The first-order chi connectivity index (χ1) is 7.52. The fraction of sp³-hybridized carbons (Fsp3) is 0.571. The van der Waals surface area contributed by atoms with E-state index < -0.39 is 0 Å². The van der Waals surface area contributed by atoms with Gasteiger partial charge in [0.1, 0.15) is 0 Å². The van der Waals surface area contributed by atoms with Crippen LogP contribution in [-0.2, 0) is 4.74 Å². The summed E-state index contributed by atoms with van der Waals surface area (Å²) >= 11 is 0. The number of aliphatic hydroxyl groups excluding tert-OH is 1. The molecule has 0 aliphatic carbocycles. The molecule has 0 aliphatic heterocycles. The second-order valence-corrected chi connectivity index (χ2v) is 4.73. The Morgan fingerprint density at radius 2 is 1.75 bits per heavy atom. The molecule has 1 aromatic carbocycles. The minimum atomic E-state index is -0.385. The molecule has 90 valence electrons. The molecule has 0 saturated carbocycles. The summed E-state index contributed by atoms with van der Waals surface area (Å²) < 4.78 is 5.08. The molecule has 1 N–H and O–H groups in total. The molecule has 0 radical (unpaired) electrons. The zero-order chi connectivity index (χ0) is 12.1. The lowest BCUT2D eigenvalue weighted by Gasteiger charge is -2.17. The van der Waals surface area contributed by atoms with Gasteiger partial charge in [-0.1, -0.05) is 36.2 Å². The van der Waals surface area contributed by atoms with Gasteiger partial charge in [-0.15, -0.1) is 0 Å². The fourth-order valence-corrected chi connectivity index (χ4v) is 2.07. The van der Waals surface area contributed by atoms with Crippen LogP contribution in [0.5, 0.6) is 0 Å². The molecule has 0 fully saturated rings. The SMILES string of the molecule is COCC(C)CC(O)c1cc(C)cc(C)c1. The summed E-state index contributed by atoms with van der Waals surface area (Å²) in [4.78, 5) is 0. The van der Waals surface area contributed by atoms with Gasteiger partial charge in [0.15, 0.2) is 0 Å². The molecule has 16 heavy (non-hydrogen) atoms. The van der Waals surface area contributed by atoms with E-state index in [2.05, 4.69) is 39.0 Å². The van der Waals surface area contributed by atoms with Crippen LogP contribution in [0.4, 0.5) is 0 Å². The zero-order valence-corrected chi connectivity index (χ0v) is 10.7. The summed E-state index contributed by atoms with van der Waals surface area (Å²) in [7, 11) is 1.69. The van der Waals surface area contributed by atoms with Crippen molar-refractivity contribution in [3.8, 4) is 0 Å². The number of rotatable bonds is 5. The van der Waals surface area contributed by atoms with Crippen molar-refractivity contribution in [2.45, 2.75) is 33.3 Å². The number of hydrogen-bond donors (Lipinski definition) is 1. The monoisotopic (exact) mass is 222 g/mol. The quantitative estimate of drug-likeness (QED) is 0.830. The molecule has 0 aliphatic rings. The maximum atomic E-state index is 10.1. The van der Waals surface area contributed by atoms with Crippen molar-refractivity contribution < 1.29 is 9.84 Å². The first kappa shape index (κ1) is 13.2. The minimum absolute atomic E-state index is 0.376. The highest BCUT2D eigenvalue weighted by Gasteiger charge is 2.12. The van der Waals surface area contributed by atoms with Crippen LogP contribution in [0.3, 0.4) is 0 Å². The smallest absolute Gasteiger partial charge is 0.0793 e.